The third-order valence-electron chi connectivity index (χ3n) is 3.52. The molecule has 0 aliphatic carbocycles. The average molecular weight is 196 g/mol. The number of nitrogens with zero attached hydrogens (tertiary/aromatic N) is 2. The Morgan fingerprint density at radius 2 is 2.14 bits per heavy atom. The molecule has 2 fully saturated rings. The second kappa shape index (κ2) is 4.30. The van der Waals surface area contributed by atoms with E-state index in [1.807, 2.05) is 4.90 Å². The molecule has 2 aliphatic heterocycles. The summed E-state index contributed by atoms with van der Waals surface area (Å²) in [5.74, 6) is 0.365. The van der Waals surface area contributed by atoms with Gasteiger partial charge in [0.05, 0.1) is 0 Å². The van der Waals surface area contributed by atoms with E-state index in [2.05, 4.69) is 11.9 Å². The van der Waals surface area contributed by atoms with Gasteiger partial charge in [-0.3, -0.25) is 4.79 Å². The fraction of sp³-hybridized carbons (Fsp3) is 0.909. The van der Waals surface area contributed by atoms with E-state index in [4.69, 9.17) is 0 Å². The highest BCUT2D eigenvalue weighted by Gasteiger charge is 2.26. The summed E-state index contributed by atoms with van der Waals surface area (Å²) in [6, 6.07) is 0.616. The van der Waals surface area contributed by atoms with Gasteiger partial charge in [-0.15, -0.1) is 0 Å². The molecule has 14 heavy (non-hydrogen) atoms. The van der Waals surface area contributed by atoms with E-state index < -0.39 is 0 Å². The molecular formula is C11H20N2O. The maximum Gasteiger partial charge on any atom is 0.222 e. The Morgan fingerprint density at radius 3 is 2.79 bits per heavy atom. The van der Waals surface area contributed by atoms with E-state index in [1.54, 1.807) is 0 Å². The number of carbonyl (C=O) groups is 1. The van der Waals surface area contributed by atoms with Crippen molar-refractivity contribution in [3.05, 3.63) is 0 Å². The molecule has 3 heteroatoms. The largest absolute Gasteiger partial charge is 0.341 e. The number of carbonyl (C=O) groups excluding carboxylic acids is 1. The van der Waals surface area contributed by atoms with Gasteiger partial charge in [-0.2, -0.15) is 0 Å². The van der Waals surface area contributed by atoms with Gasteiger partial charge < -0.3 is 9.80 Å². The first-order valence-corrected chi connectivity index (χ1v) is 5.75. The van der Waals surface area contributed by atoms with Gasteiger partial charge in [-0.05, 0) is 32.9 Å². The lowest BCUT2D eigenvalue weighted by Crippen LogP contribution is -2.45. The molecule has 1 amide bonds. The van der Waals surface area contributed by atoms with Crippen molar-refractivity contribution in [1.29, 1.82) is 0 Å². The van der Waals surface area contributed by atoms with Crippen molar-refractivity contribution in [2.75, 3.05) is 26.7 Å². The molecular weight excluding hydrogens is 176 g/mol. The van der Waals surface area contributed by atoms with Crippen LogP contribution >= 0.6 is 0 Å². The highest BCUT2D eigenvalue weighted by molar-refractivity contribution is 5.78. The van der Waals surface area contributed by atoms with Crippen molar-refractivity contribution >= 4 is 5.91 Å². The molecule has 2 saturated heterocycles. The van der Waals surface area contributed by atoms with Crippen LogP contribution in [0.3, 0.4) is 0 Å². The highest BCUT2D eigenvalue weighted by atomic mass is 16.2. The lowest BCUT2D eigenvalue weighted by Gasteiger charge is -2.35. The minimum Gasteiger partial charge on any atom is -0.341 e. The minimum absolute atomic E-state index is 0.365. The number of amides is 1. The molecule has 0 bridgehead atoms. The average Bonchev–Trinajstić information content (AvgIpc) is 2.56. The Hall–Kier alpha value is -0.570. The molecule has 0 aromatic heterocycles. The van der Waals surface area contributed by atoms with Gasteiger partial charge in [0.15, 0.2) is 0 Å². The zero-order valence-corrected chi connectivity index (χ0v) is 9.04. The molecule has 1 atom stereocenters. The van der Waals surface area contributed by atoms with Crippen LogP contribution in [0.5, 0.6) is 0 Å². The Labute approximate surface area is 86.1 Å². The molecule has 2 rings (SSSR count). The summed E-state index contributed by atoms with van der Waals surface area (Å²) in [6.45, 7) is 3.16. The molecule has 3 nitrogen and oxygen atoms in total. The molecule has 80 valence electrons. The Bertz CT molecular complexity index is 217. The molecule has 2 heterocycles. The van der Waals surface area contributed by atoms with Crippen LogP contribution in [0.1, 0.15) is 32.1 Å². The van der Waals surface area contributed by atoms with Crippen LogP contribution in [0, 0.1) is 0 Å². The number of piperidine rings is 1. The second-order valence-corrected chi connectivity index (χ2v) is 4.57. The summed E-state index contributed by atoms with van der Waals surface area (Å²) < 4.78 is 0. The normalized spacial score (nSPS) is 29.9. The summed E-state index contributed by atoms with van der Waals surface area (Å²) in [5, 5.41) is 0. The topological polar surface area (TPSA) is 23.6 Å². The first-order chi connectivity index (χ1) is 6.77. The van der Waals surface area contributed by atoms with Gasteiger partial charge in [-0.25, -0.2) is 0 Å². The molecule has 0 saturated carbocycles. The van der Waals surface area contributed by atoms with Crippen LogP contribution in [-0.4, -0.2) is 48.4 Å². The Balaban J connectivity index is 1.86. The molecule has 0 N–H and O–H groups in total. The van der Waals surface area contributed by atoms with Crippen molar-refractivity contribution in [2.24, 2.45) is 0 Å². The number of hydrogen-bond donors (Lipinski definition) is 0. The van der Waals surface area contributed by atoms with Crippen molar-refractivity contribution < 1.29 is 4.79 Å². The van der Waals surface area contributed by atoms with Gasteiger partial charge in [0.2, 0.25) is 5.91 Å². The summed E-state index contributed by atoms with van der Waals surface area (Å²) in [5.41, 5.74) is 0. The lowest BCUT2D eigenvalue weighted by atomic mass is 10.0. The smallest absolute Gasteiger partial charge is 0.222 e. The van der Waals surface area contributed by atoms with Crippen LogP contribution in [0.4, 0.5) is 0 Å². The van der Waals surface area contributed by atoms with Gasteiger partial charge >= 0.3 is 0 Å². The van der Waals surface area contributed by atoms with E-state index in [-0.39, 0.29) is 0 Å². The quantitative estimate of drug-likeness (QED) is 0.660. The van der Waals surface area contributed by atoms with Gasteiger partial charge in [0, 0.05) is 25.6 Å². The molecule has 0 spiro atoms. The SMILES string of the molecule is CN1CCCC[C@H]1CN1CCCC1=O. The van der Waals surface area contributed by atoms with Crippen molar-refractivity contribution in [2.45, 2.75) is 38.1 Å². The zero-order chi connectivity index (χ0) is 9.97. The van der Waals surface area contributed by atoms with E-state index >= 15 is 0 Å². The van der Waals surface area contributed by atoms with Crippen LogP contribution in [-0.2, 0) is 4.79 Å². The van der Waals surface area contributed by atoms with E-state index in [0.717, 1.165) is 25.9 Å². The molecule has 0 aromatic rings. The fourth-order valence-corrected chi connectivity index (χ4v) is 2.53. The number of likely N-dealkylation sites (N-methyl/N-ethyl adjacent to an activating group) is 1. The van der Waals surface area contributed by atoms with Crippen LogP contribution in [0.25, 0.3) is 0 Å². The van der Waals surface area contributed by atoms with Crippen molar-refractivity contribution in [1.82, 2.24) is 9.80 Å². The summed E-state index contributed by atoms with van der Waals surface area (Å²) in [7, 11) is 2.18. The predicted molar refractivity (Wildman–Crippen MR) is 56.1 cm³/mol. The first kappa shape index (κ1) is 9.97. The second-order valence-electron chi connectivity index (χ2n) is 4.57. The lowest BCUT2D eigenvalue weighted by molar-refractivity contribution is -0.128. The monoisotopic (exact) mass is 196 g/mol. The maximum absolute atomic E-state index is 11.5. The predicted octanol–water partition coefficient (Wildman–Crippen LogP) is 1.09. The number of hydrogen-bond acceptors (Lipinski definition) is 2. The first-order valence-electron chi connectivity index (χ1n) is 5.75. The molecule has 0 radical (unpaired) electrons. The van der Waals surface area contributed by atoms with Crippen molar-refractivity contribution in [3.63, 3.8) is 0 Å². The van der Waals surface area contributed by atoms with Crippen LogP contribution < -0.4 is 0 Å². The summed E-state index contributed by atoms with van der Waals surface area (Å²) in [6.07, 6.45) is 5.75. The number of likely N-dealkylation sites (tertiary alicyclic amines) is 2. The third kappa shape index (κ3) is 2.08. The highest BCUT2D eigenvalue weighted by Crippen LogP contribution is 2.18. The van der Waals surface area contributed by atoms with Crippen LogP contribution in [0.15, 0.2) is 0 Å². The summed E-state index contributed by atoms with van der Waals surface area (Å²) in [4.78, 5) is 15.9. The van der Waals surface area contributed by atoms with E-state index in [0.29, 0.717) is 11.9 Å². The third-order valence-corrected chi connectivity index (χ3v) is 3.52. The molecule has 0 unspecified atom stereocenters. The fourth-order valence-electron chi connectivity index (χ4n) is 2.53. The maximum atomic E-state index is 11.5. The van der Waals surface area contributed by atoms with E-state index in [1.165, 1.54) is 25.8 Å². The van der Waals surface area contributed by atoms with Crippen LogP contribution in [0.2, 0.25) is 0 Å². The number of rotatable bonds is 2. The Morgan fingerprint density at radius 1 is 1.29 bits per heavy atom. The van der Waals surface area contributed by atoms with E-state index in [9.17, 15) is 4.79 Å². The van der Waals surface area contributed by atoms with Gasteiger partial charge in [0.1, 0.15) is 0 Å². The van der Waals surface area contributed by atoms with Crippen molar-refractivity contribution in [3.8, 4) is 0 Å². The van der Waals surface area contributed by atoms with Gasteiger partial charge in [0.25, 0.3) is 0 Å². The molecule has 2 aliphatic rings. The van der Waals surface area contributed by atoms with Gasteiger partial charge in [-0.1, -0.05) is 6.42 Å². The Kier molecular flexibility index (Phi) is 3.06. The minimum atomic E-state index is 0.365. The molecule has 0 aromatic carbocycles. The zero-order valence-electron chi connectivity index (χ0n) is 9.04. The standard InChI is InChI=1S/C11H20N2O/c1-12-7-3-2-5-10(12)9-13-8-4-6-11(13)14/h10H,2-9H2,1H3/t10-/m0/s1. The summed E-state index contributed by atoms with van der Waals surface area (Å²) >= 11 is 0.